The predicted molar refractivity (Wildman–Crippen MR) is 104 cm³/mol. The first-order chi connectivity index (χ1) is 13.6. The molecule has 3 aromatic rings. The standard InChI is InChI=1S/C22H21FN2O3/c1-27-21-14-20(24-19-8-3-2-7-18(19)21)22(26)25-11-9-16(10-12-25)28-17-6-4-5-15(23)13-17/h2-8,13-14,16H,9-12H2,1H3. The number of likely N-dealkylation sites (tertiary alicyclic amines) is 1. The quantitative estimate of drug-likeness (QED) is 0.685. The van der Waals surface area contributed by atoms with Crippen molar-refractivity contribution in [3.05, 3.63) is 66.1 Å². The molecule has 0 N–H and O–H groups in total. The number of hydrogen-bond donors (Lipinski definition) is 0. The van der Waals surface area contributed by atoms with E-state index in [0.717, 1.165) is 10.9 Å². The summed E-state index contributed by atoms with van der Waals surface area (Å²) in [6.45, 7) is 1.13. The van der Waals surface area contributed by atoms with Gasteiger partial charge in [0.15, 0.2) is 0 Å². The minimum absolute atomic E-state index is 0.0371. The van der Waals surface area contributed by atoms with E-state index in [-0.39, 0.29) is 17.8 Å². The van der Waals surface area contributed by atoms with Crippen LogP contribution in [0.5, 0.6) is 11.5 Å². The second-order valence-electron chi connectivity index (χ2n) is 6.79. The Balaban J connectivity index is 1.45. The largest absolute Gasteiger partial charge is 0.496 e. The van der Waals surface area contributed by atoms with Crippen LogP contribution in [0.2, 0.25) is 0 Å². The summed E-state index contributed by atoms with van der Waals surface area (Å²) >= 11 is 0. The lowest BCUT2D eigenvalue weighted by atomic mass is 10.1. The number of rotatable bonds is 4. The van der Waals surface area contributed by atoms with Gasteiger partial charge in [-0.05, 0) is 24.3 Å². The smallest absolute Gasteiger partial charge is 0.272 e. The fraction of sp³-hybridized carbons (Fsp3) is 0.273. The molecule has 1 amide bonds. The molecule has 0 atom stereocenters. The maximum atomic E-state index is 13.3. The summed E-state index contributed by atoms with van der Waals surface area (Å²) in [6, 6.07) is 15.4. The van der Waals surface area contributed by atoms with Gasteiger partial charge in [0.25, 0.3) is 5.91 Å². The zero-order valence-corrected chi connectivity index (χ0v) is 15.6. The van der Waals surface area contributed by atoms with Crippen molar-refractivity contribution >= 4 is 16.8 Å². The van der Waals surface area contributed by atoms with Crippen LogP contribution in [0.3, 0.4) is 0 Å². The molecule has 0 aliphatic carbocycles. The molecule has 0 radical (unpaired) electrons. The molecule has 1 aliphatic heterocycles. The van der Waals surface area contributed by atoms with Crippen LogP contribution >= 0.6 is 0 Å². The predicted octanol–water partition coefficient (Wildman–Crippen LogP) is 4.07. The number of aromatic nitrogens is 1. The molecule has 0 bridgehead atoms. The van der Waals surface area contributed by atoms with E-state index in [1.54, 1.807) is 30.2 Å². The first kappa shape index (κ1) is 18.2. The third-order valence-electron chi connectivity index (χ3n) is 4.95. The van der Waals surface area contributed by atoms with Crippen LogP contribution in [0.25, 0.3) is 10.9 Å². The normalized spacial score (nSPS) is 14.9. The summed E-state index contributed by atoms with van der Waals surface area (Å²) in [6.07, 6.45) is 1.34. The SMILES string of the molecule is COc1cc(C(=O)N2CCC(Oc3cccc(F)c3)CC2)nc2ccccc12. The lowest BCUT2D eigenvalue weighted by Gasteiger charge is -2.32. The molecule has 28 heavy (non-hydrogen) atoms. The highest BCUT2D eigenvalue weighted by molar-refractivity contribution is 5.97. The van der Waals surface area contributed by atoms with Gasteiger partial charge < -0.3 is 14.4 Å². The lowest BCUT2D eigenvalue weighted by Crippen LogP contribution is -2.42. The van der Waals surface area contributed by atoms with Gasteiger partial charge in [-0.1, -0.05) is 18.2 Å². The van der Waals surface area contributed by atoms with E-state index in [1.807, 2.05) is 24.3 Å². The van der Waals surface area contributed by atoms with Crippen molar-refractivity contribution in [2.75, 3.05) is 20.2 Å². The number of carbonyl (C=O) groups excluding carboxylic acids is 1. The van der Waals surface area contributed by atoms with Crippen LogP contribution in [-0.4, -0.2) is 42.1 Å². The van der Waals surface area contributed by atoms with E-state index in [4.69, 9.17) is 9.47 Å². The second kappa shape index (κ2) is 7.84. The number of carbonyl (C=O) groups is 1. The summed E-state index contributed by atoms with van der Waals surface area (Å²) in [5.41, 5.74) is 1.11. The number of piperidine rings is 1. The number of amides is 1. The fourth-order valence-corrected chi connectivity index (χ4v) is 3.49. The molecule has 5 nitrogen and oxygen atoms in total. The van der Waals surface area contributed by atoms with E-state index in [0.29, 0.717) is 43.1 Å². The Morgan fingerprint density at radius 2 is 1.89 bits per heavy atom. The third kappa shape index (κ3) is 3.76. The van der Waals surface area contributed by atoms with Crippen LogP contribution in [0.15, 0.2) is 54.6 Å². The molecule has 2 heterocycles. The first-order valence-electron chi connectivity index (χ1n) is 9.29. The molecule has 0 spiro atoms. The van der Waals surface area contributed by atoms with Gasteiger partial charge in [0.05, 0.1) is 12.6 Å². The number of hydrogen-bond acceptors (Lipinski definition) is 4. The van der Waals surface area contributed by atoms with Gasteiger partial charge in [-0.25, -0.2) is 9.37 Å². The van der Waals surface area contributed by atoms with Gasteiger partial charge in [-0.2, -0.15) is 0 Å². The first-order valence-corrected chi connectivity index (χ1v) is 9.29. The van der Waals surface area contributed by atoms with Crippen molar-refractivity contribution in [1.29, 1.82) is 0 Å². The lowest BCUT2D eigenvalue weighted by molar-refractivity contribution is 0.0590. The molecule has 6 heteroatoms. The van der Waals surface area contributed by atoms with Crippen molar-refractivity contribution in [3.8, 4) is 11.5 Å². The summed E-state index contributed by atoms with van der Waals surface area (Å²) in [4.78, 5) is 19.2. The highest BCUT2D eigenvalue weighted by Crippen LogP contribution is 2.26. The number of pyridine rings is 1. The topological polar surface area (TPSA) is 51.7 Å². The summed E-state index contributed by atoms with van der Waals surface area (Å²) in [5, 5.41) is 0.878. The van der Waals surface area contributed by atoms with Crippen molar-refractivity contribution in [3.63, 3.8) is 0 Å². The summed E-state index contributed by atoms with van der Waals surface area (Å²) in [5.74, 6) is 0.721. The molecule has 1 saturated heterocycles. The molecule has 2 aromatic carbocycles. The number of fused-ring (bicyclic) bond motifs is 1. The third-order valence-corrected chi connectivity index (χ3v) is 4.95. The number of halogens is 1. The van der Waals surface area contributed by atoms with E-state index in [2.05, 4.69) is 4.98 Å². The average Bonchev–Trinajstić information content (AvgIpc) is 2.73. The Labute approximate surface area is 162 Å². The maximum absolute atomic E-state index is 13.3. The summed E-state index contributed by atoms with van der Waals surface area (Å²) < 4.78 is 24.6. The Bertz CT molecular complexity index is 1000. The maximum Gasteiger partial charge on any atom is 0.272 e. The Morgan fingerprint density at radius 3 is 2.64 bits per heavy atom. The summed E-state index contributed by atoms with van der Waals surface area (Å²) in [7, 11) is 1.59. The molecule has 1 aromatic heterocycles. The van der Waals surface area contributed by atoms with E-state index < -0.39 is 0 Å². The van der Waals surface area contributed by atoms with Crippen LogP contribution in [0.1, 0.15) is 23.3 Å². The molecular formula is C22H21FN2O3. The second-order valence-corrected chi connectivity index (χ2v) is 6.79. The van der Waals surface area contributed by atoms with E-state index >= 15 is 0 Å². The molecule has 0 saturated carbocycles. The van der Waals surface area contributed by atoms with Crippen LogP contribution < -0.4 is 9.47 Å². The van der Waals surface area contributed by atoms with E-state index in [1.165, 1.54) is 12.1 Å². The average molecular weight is 380 g/mol. The Morgan fingerprint density at radius 1 is 1.11 bits per heavy atom. The van der Waals surface area contributed by atoms with Crippen LogP contribution in [0, 0.1) is 5.82 Å². The molecule has 0 unspecified atom stereocenters. The zero-order chi connectivity index (χ0) is 19.5. The van der Waals surface area contributed by atoms with Crippen molar-refractivity contribution < 1.29 is 18.7 Å². The monoisotopic (exact) mass is 380 g/mol. The number of nitrogens with zero attached hydrogens (tertiary/aromatic N) is 2. The van der Waals surface area contributed by atoms with Crippen LogP contribution in [0.4, 0.5) is 4.39 Å². The van der Waals surface area contributed by atoms with E-state index in [9.17, 15) is 9.18 Å². The van der Waals surface area contributed by atoms with Crippen molar-refractivity contribution in [2.45, 2.75) is 18.9 Å². The van der Waals surface area contributed by atoms with Gasteiger partial charge in [0.2, 0.25) is 0 Å². The molecule has 4 rings (SSSR count). The zero-order valence-electron chi connectivity index (χ0n) is 15.6. The highest BCUT2D eigenvalue weighted by atomic mass is 19.1. The Kier molecular flexibility index (Phi) is 5.10. The molecule has 144 valence electrons. The minimum Gasteiger partial charge on any atom is -0.496 e. The van der Waals surface area contributed by atoms with Gasteiger partial charge in [0.1, 0.15) is 29.1 Å². The van der Waals surface area contributed by atoms with Gasteiger partial charge >= 0.3 is 0 Å². The fourth-order valence-electron chi connectivity index (χ4n) is 3.49. The molecular weight excluding hydrogens is 359 g/mol. The van der Waals surface area contributed by atoms with Crippen LogP contribution in [-0.2, 0) is 0 Å². The van der Waals surface area contributed by atoms with Gasteiger partial charge in [-0.3, -0.25) is 4.79 Å². The van der Waals surface area contributed by atoms with Crippen molar-refractivity contribution in [1.82, 2.24) is 9.88 Å². The Hall–Kier alpha value is -3.15. The molecule has 1 aliphatic rings. The number of para-hydroxylation sites is 1. The number of benzene rings is 2. The highest BCUT2D eigenvalue weighted by Gasteiger charge is 2.26. The number of methoxy groups -OCH3 is 1. The van der Waals surface area contributed by atoms with Gasteiger partial charge in [0, 0.05) is 43.5 Å². The number of ether oxygens (including phenoxy) is 2. The van der Waals surface area contributed by atoms with Crippen molar-refractivity contribution in [2.24, 2.45) is 0 Å². The molecule has 1 fully saturated rings. The van der Waals surface area contributed by atoms with Gasteiger partial charge in [-0.15, -0.1) is 0 Å². The minimum atomic E-state index is -0.318.